The summed E-state index contributed by atoms with van der Waals surface area (Å²) >= 11 is 0. The maximum atomic E-state index is 13.9. The quantitative estimate of drug-likeness (QED) is 0.358. The fourth-order valence-corrected chi connectivity index (χ4v) is 6.10. The van der Waals surface area contributed by atoms with Crippen molar-refractivity contribution in [1.82, 2.24) is 14.7 Å². The first-order valence-corrected chi connectivity index (χ1v) is 13.5. The molecule has 4 aromatic rings. The summed E-state index contributed by atoms with van der Waals surface area (Å²) in [6, 6.07) is 28.7. The Bertz CT molecular complexity index is 1370. The Kier molecular flexibility index (Phi) is 6.62. The summed E-state index contributed by atoms with van der Waals surface area (Å²) in [4.78, 5) is 33.4. The number of benzene rings is 4. The second-order valence-electron chi connectivity index (χ2n) is 10.3. The molecule has 0 N–H and O–H groups in total. The predicted molar refractivity (Wildman–Crippen MR) is 149 cm³/mol. The summed E-state index contributed by atoms with van der Waals surface area (Å²) in [5.74, 6) is 0.270. The number of nitrogens with zero attached hydrogens (tertiary/aromatic N) is 3. The molecule has 2 aliphatic rings. The molecule has 4 aromatic carbocycles. The highest BCUT2D eigenvalue weighted by Gasteiger charge is 2.30. The van der Waals surface area contributed by atoms with Crippen molar-refractivity contribution in [2.45, 2.75) is 25.3 Å². The van der Waals surface area contributed by atoms with Gasteiger partial charge in [-0.3, -0.25) is 14.5 Å². The summed E-state index contributed by atoms with van der Waals surface area (Å²) in [6.07, 6.45) is 3.10. The molecule has 188 valence electrons. The van der Waals surface area contributed by atoms with Gasteiger partial charge in [0.05, 0.1) is 5.56 Å². The van der Waals surface area contributed by atoms with Crippen LogP contribution < -0.4 is 0 Å². The Labute approximate surface area is 218 Å². The monoisotopic (exact) mass is 491 g/mol. The van der Waals surface area contributed by atoms with Gasteiger partial charge in [-0.05, 0) is 59.0 Å². The van der Waals surface area contributed by atoms with E-state index < -0.39 is 0 Å². The molecule has 0 spiro atoms. The third-order valence-electron chi connectivity index (χ3n) is 8.11. The molecule has 0 bridgehead atoms. The number of carbonyl (C=O) groups excluding carboxylic acids is 2. The highest BCUT2D eigenvalue weighted by Crippen LogP contribution is 2.30. The SMILES string of the molecule is O=C(c1ccccc1)N1CCCC(N2CCN(C(=O)c3c4ccccc4cc4ccccc34)CC2)CC1. The Balaban J connectivity index is 1.13. The molecule has 2 aliphatic heterocycles. The van der Waals surface area contributed by atoms with Crippen molar-refractivity contribution in [2.24, 2.45) is 0 Å². The van der Waals surface area contributed by atoms with Crippen LogP contribution in [0.4, 0.5) is 0 Å². The van der Waals surface area contributed by atoms with E-state index in [0.717, 1.165) is 91.2 Å². The summed E-state index contributed by atoms with van der Waals surface area (Å²) < 4.78 is 0. The lowest BCUT2D eigenvalue weighted by Crippen LogP contribution is -2.52. The number of rotatable bonds is 3. The number of likely N-dealkylation sites (tertiary alicyclic amines) is 1. The lowest BCUT2D eigenvalue weighted by atomic mass is 9.95. The average molecular weight is 492 g/mol. The van der Waals surface area contributed by atoms with Gasteiger partial charge in [-0.25, -0.2) is 0 Å². The van der Waals surface area contributed by atoms with Crippen LogP contribution in [0.15, 0.2) is 84.9 Å². The van der Waals surface area contributed by atoms with Crippen LogP contribution >= 0.6 is 0 Å². The van der Waals surface area contributed by atoms with Gasteiger partial charge in [0, 0.05) is 50.9 Å². The van der Waals surface area contributed by atoms with Crippen LogP contribution in [0.3, 0.4) is 0 Å². The van der Waals surface area contributed by atoms with E-state index in [1.165, 1.54) is 0 Å². The van der Waals surface area contributed by atoms with Crippen LogP contribution in [0.25, 0.3) is 21.5 Å². The highest BCUT2D eigenvalue weighted by molar-refractivity contribution is 6.18. The number of hydrogen-bond donors (Lipinski definition) is 0. The van der Waals surface area contributed by atoms with Crippen molar-refractivity contribution in [3.63, 3.8) is 0 Å². The van der Waals surface area contributed by atoms with E-state index in [2.05, 4.69) is 35.2 Å². The molecule has 5 heteroatoms. The molecule has 1 unspecified atom stereocenters. The molecule has 5 nitrogen and oxygen atoms in total. The zero-order chi connectivity index (χ0) is 25.2. The van der Waals surface area contributed by atoms with Crippen LogP contribution in [0.1, 0.15) is 40.0 Å². The van der Waals surface area contributed by atoms with Crippen molar-refractivity contribution in [3.05, 3.63) is 96.1 Å². The highest BCUT2D eigenvalue weighted by atomic mass is 16.2. The molecule has 0 saturated carbocycles. The number of carbonyl (C=O) groups is 2. The number of fused-ring (bicyclic) bond motifs is 2. The van der Waals surface area contributed by atoms with Gasteiger partial charge in [0.15, 0.2) is 0 Å². The summed E-state index contributed by atoms with van der Waals surface area (Å²) in [5.41, 5.74) is 1.60. The molecule has 2 fully saturated rings. The molecule has 2 amide bonds. The van der Waals surface area contributed by atoms with Crippen molar-refractivity contribution in [2.75, 3.05) is 39.3 Å². The third kappa shape index (κ3) is 4.72. The van der Waals surface area contributed by atoms with Gasteiger partial charge in [-0.1, -0.05) is 66.7 Å². The minimum Gasteiger partial charge on any atom is -0.339 e. The van der Waals surface area contributed by atoms with Crippen LogP contribution in [-0.4, -0.2) is 71.8 Å². The topological polar surface area (TPSA) is 43.9 Å². The molecule has 6 rings (SSSR count). The van der Waals surface area contributed by atoms with Gasteiger partial charge >= 0.3 is 0 Å². The minimum atomic E-state index is 0.133. The number of piperazine rings is 1. The predicted octanol–water partition coefficient (Wildman–Crippen LogP) is 5.45. The third-order valence-corrected chi connectivity index (χ3v) is 8.11. The molecule has 2 saturated heterocycles. The van der Waals surface area contributed by atoms with Crippen LogP contribution in [0.5, 0.6) is 0 Å². The van der Waals surface area contributed by atoms with Crippen molar-refractivity contribution in [1.29, 1.82) is 0 Å². The van der Waals surface area contributed by atoms with Gasteiger partial charge in [-0.2, -0.15) is 0 Å². The van der Waals surface area contributed by atoms with Gasteiger partial charge < -0.3 is 9.80 Å². The first-order valence-electron chi connectivity index (χ1n) is 13.5. The van der Waals surface area contributed by atoms with Crippen molar-refractivity contribution in [3.8, 4) is 0 Å². The smallest absolute Gasteiger partial charge is 0.255 e. The first kappa shape index (κ1) is 23.7. The number of amides is 2. The lowest BCUT2D eigenvalue weighted by molar-refractivity contribution is 0.0550. The maximum Gasteiger partial charge on any atom is 0.255 e. The second kappa shape index (κ2) is 10.3. The lowest BCUT2D eigenvalue weighted by Gasteiger charge is -2.39. The summed E-state index contributed by atoms with van der Waals surface area (Å²) in [7, 11) is 0. The summed E-state index contributed by atoms with van der Waals surface area (Å²) in [6.45, 7) is 4.84. The Morgan fingerprint density at radius 2 is 1.19 bits per heavy atom. The molecule has 2 heterocycles. The fourth-order valence-electron chi connectivity index (χ4n) is 6.10. The second-order valence-corrected chi connectivity index (χ2v) is 10.3. The van der Waals surface area contributed by atoms with Crippen molar-refractivity contribution >= 4 is 33.4 Å². The van der Waals surface area contributed by atoms with E-state index in [9.17, 15) is 9.59 Å². The minimum absolute atomic E-state index is 0.133. The Morgan fingerprint density at radius 1 is 0.595 bits per heavy atom. The Hall–Kier alpha value is -3.70. The van der Waals surface area contributed by atoms with E-state index >= 15 is 0 Å². The van der Waals surface area contributed by atoms with Crippen LogP contribution in [0.2, 0.25) is 0 Å². The average Bonchev–Trinajstić information content (AvgIpc) is 3.22. The van der Waals surface area contributed by atoms with E-state index in [4.69, 9.17) is 0 Å². The molecular weight excluding hydrogens is 458 g/mol. The van der Waals surface area contributed by atoms with Crippen LogP contribution in [-0.2, 0) is 0 Å². The van der Waals surface area contributed by atoms with Gasteiger partial charge in [0.2, 0.25) is 0 Å². The normalized spacial score (nSPS) is 19.2. The first-order chi connectivity index (χ1) is 18.2. The van der Waals surface area contributed by atoms with Crippen molar-refractivity contribution < 1.29 is 9.59 Å². The molecular formula is C32H33N3O2. The van der Waals surface area contributed by atoms with E-state index in [1.54, 1.807) is 0 Å². The van der Waals surface area contributed by atoms with E-state index in [0.29, 0.717) is 6.04 Å². The molecule has 1 atom stereocenters. The van der Waals surface area contributed by atoms with E-state index in [1.807, 2.05) is 64.4 Å². The van der Waals surface area contributed by atoms with Crippen LogP contribution in [0, 0.1) is 0 Å². The summed E-state index contributed by atoms with van der Waals surface area (Å²) in [5, 5.41) is 4.27. The zero-order valence-corrected chi connectivity index (χ0v) is 21.2. The standard InChI is InChI=1S/C32H33N3O2/c36-31(24-9-2-1-3-10-24)34-17-8-13-27(16-18-34)33-19-21-35(22-20-33)32(37)30-28-14-6-4-11-25(28)23-26-12-5-7-15-29(26)30/h1-7,9-12,14-15,23,27H,8,13,16-22H2. The van der Waals surface area contributed by atoms with Gasteiger partial charge in [0.25, 0.3) is 11.8 Å². The zero-order valence-electron chi connectivity index (χ0n) is 21.2. The molecule has 0 aliphatic carbocycles. The Morgan fingerprint density at radius 3 is 1.86 bits per heavy atom. The molecule has 37 heavy (non-hydrogen) atoms. The number of hydrogen-bond acceptors (Lipinski definition) is 3. The molecule has 0 radical (unpaired) electrons. The van der Waals surface area contributed by atoms with E-state index in [-0.39, 0.29) is 11.8 Å². The maximum absolute atomic E-state index is 13.9. The van der Waals surface area contributed by atoms with Gasteiger partial charge in [-0.15, -0.1) is 0 Å². The van der Waals surface area contributed by atoms with Gasteiger partial charge in [0.1, 0.15) is 0 Å². The largest absolute Gasteiger partial charge is 0.339 e. The fraction of sp³-hybridized carbons (Fsp3) is 0.312. The molecule has 0 aromatic heterocycles.